The third-order valence-electron chi connectivity index (χ3n) is 5.93. The monoisotopic (exact) mass is 346 g/mol. The Morgan fingerprint density at radius 1 is 1.00 bits per heavy atom. The topological polar surface area (TPSA) is 27.0 Å². The molecule has 0 aliphatic carbocycles. The Balaban J connectivity index is 2.43. The summed E-state index contributed by atoms with van der Waals surface area (Å²) in [6, 6.07) is 2.57. The van der Waals surface area contributed by atoms with Gasteiger partial charge in [0.15, 0.2) is 0 Å². The van der Waals surface area contributed by atoms with Crippen molar-refractivity contribution in [2.75, 3.05) is 20.1 Å². The molecule has 1 saturated heterocycles. The largest absolute Gasteiger partial charge is 0.306 e. The van der Waals surface area contributed by atoms with Crippen molar-refractivity contribution in [2.45, 2.75) is 104 Å². The Morgan fingerprint density at radius 2 is 1.64 bits per heavy atom. The van der Waals surface area contributed by atoms with Crippen molar-refractivity contribution in [2.24, 2.45) is 5.92 Å². The molecule has 0 amide bonds. The van der Waals surface area contributed by atoms with Gasteiger partial charge in [0, 0.05) is 5.57 Å². The minimum Gasteiger partial charge on any atom is -0.306 e. The summed E-state index contributed by atoms with van der Waals surface area (Å²) in [5.41, 5.74) is 2.63. The average Bonchev–Trinajstić information content (AvgIpc) is 2.63. The first kappa shape index (κ1) is 22.2. The first-order valence-corrected chi connectivity index (χ1v) is 11.0. The van der Waals surface area contributed by atoms with E-state index in [0.717, 1.165) is 30.8 Å². The van der Waals surface area contributed by atoms with Crippen LogP contribution in [0, 0.1) is 17.2 Å². The fourth-order valence-corrected chi connectivity index (χ4v) is 4.07. The molecular formula is C23H42N2. The zero-order valence-electron chi connectivity index (χ0n) is 17.3. The molecule has 1 heterocycles. The fraction of sp³-hybridized carbons (Fsp3) is 0.870. The summed E-state index contributed by atoms with van der Waals surface area (Å²) in [7, 11) is 2.24. The lowest BCUT2D eigenvalue weighted by atomic mass is 9.91. The molecule has 0 aromatic carbocycles. The number of nitrogens with zero attached hydrogens (tertiary/aromatic N) is 2. The van der Waals surface area contributed by atoms with Gasteiger partial charge in [-0.15, -0.1) is 0 Å². The van der Waals surface area contributed by atoms with Gasteiger partial charge in [0.1, 0.15) is 0 Å². The van der Waals surface area contributed by atoms with Crippen LogP contribution in [0.15, 0.2) is 11.1 Å². The van der Waals surface area contributed by atoms with E-state index in [2.05, 4.69) is 31.9 Å². The Bertz CT molecular complexity index is 391. The molecule has 2 heteroatoms. The number of hydrogen-bond acceptors (Lipinski definition) is 2. The van der Waals surface area contributed by atoms with Gasteiger partial charge in [-0.05, 0) is 77.4 Å². The average molecular weight is 347 g/mol. The SMILES string of the molecule is CCCCC(CC)CCCCC(C#N)=C1CCCCN(C)CCCC1. The van der Waals surface area contributed by atoms with Gasteiger partial charge in [0.2, 0.25) is 0 Å². The third-order valence-corrected chi connectivity index (χ3v) is 5.93. The number of allylic oxidation sites excluding steroid dienone is 2. The van der Waals surface area contributed by atoms with Crippen LogP contribution in [0.2, 0.25) is 0 Å². The lowest BCUT2D eigenvalue weighted by Crippen LogP contribution is -2.21. The number of rotatable bonds is 9. The maximum Gasteiger partial charge on any atom is 0.0946 e. The van der Waals surface area contributed by atoms with E-state index in [1.54, 1.807) is 0 Å². The molecule has 0 radical (unpaired) electrons. The molecule has 1 unspecified atom stereocenters. The van der Waals surface area contributed by atoms with Crippen molar-refractivity contribution < 1.29 is 0 Å². The Kier molecular flexibility index (Phi) is 12.8. The van der Waals surface area contributed by atoms with Crippen molar-refractivity contribution in [1.82, 2.24) is 4.90 Å². The molecule has 1 rings (SSSR count). The van der Waals surface area contributed by atoms with Crippen LogP contribution in [0.3, 0.4) is 0 Å². The molecule has 144 valence electrons. The summed E-state index contributed by atoms with van der Waals surface area (Å²) >= 11 is 0. The van der Waals surface area contributed by atoms with E-state index < -0.39 is 0 Å². The highest BCUT2D eigenvalue weighted by Gasteiger charge is 2.11. The Labute approximate surface area is 157 Å². The van der Waals surface area contributed by atoms with Crippen molar-refractivity contribution in [3.05, 3.63) is 11.1 Å². The summed E-state index contributed by atoms with van der Waals surface area (Å²) in [5.74, 6) is 0.906. The van der Waals surface area contributed by atoms with E-state index in [0.29, 0.717) is 0 Å². The second kappa shape index (κ2) is 14.4. The van der Waals surface area contributed by atoms with Gasteiger partial charge in [-0.25, -0.2) is 0 Å². The van der Waals surface area contributed by atoms with Gasteiger partial charge >= 0.3 is 0 Å². The molecule has 1 aliphatic rings. The van der Waals surface area contributed by atoms with Gasteiger partial charge in [-0.2, -0.15) is 5.26 Å². The third kappa shape index (κ3) is 10.0. The summed E-state index contributed by atoms with van der Waals surface area (Å²) in [5, 5.41) is 9.66. The standard InChI is InChI=1S/C23H42N2/c1-4-6-13-21(5-2)14-7-8-17-23(20-24)22-15-9-11-18-25(3)19-12-10-16-22/h21H,4-19H2,1-3H3. The van der Waals surface area contributed by atoms with Crippen molar-refractivity contribution in [1.29, 1.82) is 5.26 Å². The second-order valence-corrected chi connectivity index (χ2v) is 8.07. The van der Waals surface area contributed by atoms with Crippen LogP contribution >= 0.6 is 0 Å². The predicted octanol–water partition coefficient (Wildman–Crippen LogP) is 6.87. The van der Waals surface area contributed by atoms with E-state index in [9.17, 15) is 5.26 Å². The highest BCUT2D eigenvalue weighted by molar-refractivity contribution is 5.28. The summed E-state index contributed by atoms with van der Waals surface area (Å²) in [4.78, 5) is 2.46. The highest BCUT2D eigenvalue weighted by Crippen LogP contribution is 2.25. The van der Waals surface area contributed by atoms with Crippen LogP contribution in [-0.4, -0.2) is 25.0 Å². The molecule has 0 bridgehead atoms. The van der Waals surface area contributed by atoms with Gasteiger partial charge in [-0.1, -0.05) is 57.9 Å². The van der Waals surface area contributed by atoms with Crippen LogP contribution in [-0.2, 0) is 0 Å². The van der Waals surface area contributed by atoms with Gasteiger partial charge in [0.25, 0.3) is 0 Å². The van der Waals surface area contributed by atoms with Gasteiger partial charge in [0.05, 0.1) is 6.07 Å². The first-order valence-electron chi connectivity index (χ1n) is 11.0. The summed E-state index contributed by atoms with van der Waals surface area (Å²) in [6.07, 6.45) is 17.7. The maximum absolute atomic E-state index is 9.66. The molecule has 2 nitrogen and oxygen atoms in total. The first-order chi connectivity index (χ1) is 12.2. The van der Waals surface area contributed by atoms with Crippen LogP contribution in [0.5, 0.6) is 0 Å². The summed E-state index contributed by atoms with van der Waals surface area (Å²) < 4.78 is 0. The number of nitriles is 1. The molecule has 0 saturated carbocycles. The van der Waals surface area contributed by atoms with Crippen LogP contribution < -0.4 is 0 Å². The molecule has 1 atom stereocenters. The Morgan fingerprint density at radius 3 is 2.20 bits per heavy atom. The smallest absolute Gasteiger partial charge is 0.0946 e. The quantitative estimate of drug-likeness (QED) is 0.336. The minimum atomic E-state index is 0.906. The van der Waals surface area contributed by atoms with E-state index >= 15 is 0 Å². The molecule has 1 fully saturated rings. The second-order valence-electron chi connectivity index (χ2n) is 8.07. The van der Waals surface area contributed by atoms with Crippen LogP contribution in [0.25, 0.3) is 0 Å². The molecule has 0 aromatic heterocycles. The Hall–Kier alpha value is -0.810. The van der Waals surface area contributed by atoms with Gasteiger partial charge in [-0.3, -0.25) is 0 Å². The van der Waals surface area contributed by atoms with Crippen molar-refractivity contribution in [3.63, 3.8) is 0 Å². The van der Waals surface area contributed by atoms with E-state index in [1.165, 1.54) is 89.3 Å². The van der Waals surface area contributed by atoms with Crippen LogP contribution in [0.4, 0.5) is 0 Å². The molecule has 0 aromatic rings. The number of hydrogen-bond donors (Lipinski definition) is 0. The van der Waals surface area contributed by atoms with E-state index in [4.69, 9.17) is 0 Å². The zero-order chi connectivity index (χ0) is 18.3. The van der Waals surface area contributed by atoms with Crippen molar-refractivity contribution >= 4 is 0 Å². The maximum atomic E-state index is 9.66. The molecule has 25 heavy (non-hydrogen) atoms. The molecule has 1 aliphatic heterocycles. The lowest BCUT2D eigenvalue weighted by molar-refractivity contribution is 0.313. The van der Waals surface area contributed by atoms with Gasteiger partial charge < -0.3 is 4.90 Å². The molecule has 0 N–H and O–H groups in total. The van der Waals surface area contributed by atoms with Crippen molar-refractivity contribution in [3.8, 4) is 6.07 Å². The fourth-order valence-electron chi connectivity index (χ4n) is 4.07. The van der Waals surface area contributed by atoms with Crippen LogP contribution in [0.1, 0.15) is 104 Å². The summed E-state index contributed by atoms with van der Waals surface area (Å²) in [6.45, 7) is 7.05. The molecule has 0 spiro atoms. The van der Waals surface area contributed by atoms with E-state index in [-0.39, 0.29) is 0 Å². The number of unbranched alkanes of at least 4 members (excludes halogenated alkanes) is 2. The lowest BCUT2D eigenvalue weighted by Gasteiger charge is -2.20. The minimum absolute atomic E-state index is 0.906. The zero-order valence-corrected chi connectivity index (χ0v) is 17.3. The predicted molar refractivity (Wildman–Crippen MR) is 110 cm³/mol. The van der Waals surface area contributed by atoms with E-state index in [1.807, 2.05) is 0 Å². The normalized spacial score (nSPS) is 18.6. The highest BCUT2D eigenvalue weighted by atomic mass is 15.1. The molecular weight excluding hydrogens is 304 g/mol.